The fraction of sp³-hybridized carbons (Fsp3) is 0.231. The molecule has 3 rings (SSSR count). The Morgan fingerprint density at radius 1 is 1.18 bits per heavy atom. The number of nitrogens with zero attached hydrogens (tertiary/aromatic N) is 3. The molecule has 2 heterocycles. The molecule has 1 amide bonds. The van der Waals surface area contributed by atoms with Crippen molar-refractivity contribution in [2.24, 2.45) is 0 Å². The van der Waals surface area contributed by atoms with Crippen LogP contribution in [0.1, 0.15) is 16.1 Å². The molecule has 0 bridgehead atoms. The van der Waals surface area contributed by atoms with Crippen molar-refractivity contribution < 1.29 is 23.0 Å². The molecular weight excluding hydrogens is 298 g/mol. The third-order valence-electron chi connectivity index (χ3n) is 3.50. The maximum atomic E-state index is 12.6. The third kappa shape index (κ3) is 2.37. The molecule has 0 fully saturated rings. The number of hydrogen-bond donors (Lipinski definition) is 1. The van der Waals surface area contributed by atoms with Crippen molar-refractivity contribution in [1.82, 2.24) is 9.78 Å². The Bertz CT molecular complexity index is 699. The zero-order chi connectivity index (χ0) is 15.9. The van der Waals surface area contributed by atoms with Gasteiger partial charge in [-0.05, 0) is 29.7 Å². The number of alkyl halides is 3. The van der Waals surface area contributed by atoms with E-state index in [0.29, 0.717) is 18.8 Å². The van der Waals surface area contributed by atoms with Crippen molar-refractivity contribution in [3.63, 3.8) is 0 Å². The molecule has 0 saturated carbocycles. The first-order valence-electron chi connectivity index (χ1n) is 6.44. The predicted molar refractivity (Wildman–Crippen MR) is 73.0 cm³/mol. The van der Waals surface area contributed by atoms with Crippen molar-refractivity contribution in [2.75, 3.05) is 11.4 Å². The van der Waals surface area contributed by atoms with Crippen molar-refractivity contribution in [3.8, 4) is 0 Å². The predicted octanol–water partition coefficient (Wildman–Crippen LogP) is 0.799. The highest BCUT2D eigenvalue weighted by Crippen LogP contribution is 2.31. The van der Waals surface area contributed by atoms with E-state index in [1.165, 1.54) is 27.9 Å². The number of carbonyl (C=O) groups excluding carboxylic acids is 1. The van der Waals surface area contributed by atoms with Gasteiger partial charge in [0, 0.05) is 18.4 Å². The van der Waals surface area contributed by atoms with E-state index in [1.54, 1.807) is 0 Å². The summed E-state index contributed by atoms with van der Waals surface area (Å²) >= 11 is 0. The summed E-state index contributed by atoms with van der Waals surface area (Å²) in [6, 6.07) is 4.39. The molecule has 1 N–H and O–H groups in total. The Balaban J connectivity index is 1.92. The van der Waals surface area contributed by atoms with Gasteiger partial charge >= 0.3 is 13.7 Å². The molecule has 22 heavy (non-hydrogen) atoms. The van der Waals surface area contributed by atoms with Gasteiger partial charge in [0.15, 0.2) is 0 Å². The second-order valence-electron chi connectivity index (χ2n) is 4.80. The largest absolute Gasteiger partial charge is 0.450 e. The number of benzene rings is 1. The van der Waals surface area contributed by atoms with Crippen LogP contribution in [-0.2, 0) is 12.7 Å². The summed E-state index contributed by atoms with van der Waals surface area (Å²) in [6.45, 7) is 0.694. The van der Waals surface area contributed by atoms with Crippen LogP contribution in [0.25, 0.3) is 0 Å². The lowest BCUT2D eigenvalue weighted by Crippen LogP contribution is -2.43. The van der Waals surface area contributed by atoms with Crippen molar-refractivity contribution in [2.45, 2.75) is 12.7 Å². The highest BCUT2D eigenvalue weighted by Gasteiger charge is 2.32. The lowest BCUT2D eigenvalue weighted by molar-refractivity contribution is -0.137. The van der Waals surface area contributed by atoms with E-state index in [1.807, 2.05) is 0 Å². The van der Waals surface area contributed by atoms with Gasteiger partial charge < -0.3 is 9.92 Å². The Labute approximate surface area is 124 Å². The van der Waals surface area contributed by atoms with Crippen LogP contribution in [-0.4, -0.2) is 34.7 Å². The smallest absolute Gasteiger partial charge is 0.416 e. The number of hydrogen-bond acceptors (Lipinski definition) is 3. The highest BCUT2D eigenvalue weighted by molar-refractivity contribution is 6.48. The van der Waals surface area contributed by atoms with Crippen LogP contribution in [0.15, 0.2) is 30.5 Å². The van der Waals surface area contributed by atoms with Crippen LogP contribution >= 0.6 is 0 Å². The average Bonchev–Trinajstić information content (AvgIpc) is 2.91. The van der Waals surface area contributed by atoms with Gasteiger partial charge in [-0.25, -0.2) is 0 Å². The molecule has 1 aromatic heterocycles. The Kier molecular flexibility index (Phi) is 3.44. The van der Waals surface area contributed by atoms with Gasteiger partial charge in [0.1, 0.15) is 5.69 Å². The minimum atomic E-state index is -4.41. The summed E-state index contributed by atoms with van der Waals surface area (Å²) in [5.41, 5.74) is 0.0970. The molecule has 1 aliphatic heterocycles. The monoisotopic (exact) mass is 308 g/mol. The molecule has 0 aliphatic carbocycles. The third-order valence-corrected chi connectivity index (χ3v) is 3.50. The maximum absolute atomic E-state index is 12.6. The van der Waals surface area contributed by atoms with Crippen LogP contribution in [0.2, 0.25) is 0 Å². The molecule has 1 radical (unpaired) electrons. The van der Waals surface area contributed by atoms with E-state index in [9.17, 15) is 18.0 Å². The summed E-state index contributed by atoms with van der Waals surface area (Å²) in [6.07, 6.45) is -3.05. The molecule has 9 heteroatoms. The second kappa shape index (κ2) is 5.17. The number of fused-ring (bicyclic) bond motifs is 1. The Morgan fingerprint density at radius 2 is 1.86 bits per heavy atom. The Morgan fingerprint density at radius 3 is 2.45 bits per heavy atom. The first-order valence-corrected chi connectivity index (χ1v) is 6.44. The average molecular weight is 308 g/mol. The molecule has 0 spiro atoms. The van der Waals surface area contributed by atoms with Crippen LogP contribution in [0.3, 0.4) is 0 Å². The minimum Gasteiger partial charge on any atom is -0.450 e. The second-order valence-corrected chi connectivity index (χ2v) is 4.80. The normalized spacial score (nSPS) is 14.9. The van der Waals surface area contributed by atoms with E-state index in [-0.39, 0.29) is 11.2 Å². The van der Waals surface area contributed by atoms with Crippen molar-refractivity contribution in [1.29, 1.82) is 0 Å². The zero-order valence-corrected chi connectivity index (χ0v) is 11.2. The van der Waals surface area contributed by atoms with Gasteiger partial charge in [-0.1, -0.05) is 0 Å². The number of aromatic nitrogens is 2. The molecule has 1 aromatic carbocycles. The van der Waals surface area contributed by atoms with E-state index < -0.39 is 17.6 Å². The van der Waals surface area contributed by atoms with Gasteiger partial charge in [0.2, 0.25) is 0 Å². The van der Waals surface area contributed by atoms with Crippen LogP contribution < -0.4 is 10.4 Å². The van der Waals surface area contributed by atoms with Gasteiger partial charge in [-0.3, -0.25) is 9.48 Å². The molecule has 0 atom stereocenters. The SMILES string of the molecule is O=C1c2c([B]O)cnn2CCN1c1ccc(C(F)(F)F)cc1. The van der Waals surface area contributed by atoms with Gasteiger partial charge in [-0.15, -0.1) is 0 Å². The quantitative estimate of drug-likeness (QED) is 0.835. The number of halogens is 3. The number of amides is 1. The fourth-order valence-electron chi connectivity index (χ4n) is 2.40. The zero-order valence-electron chi connectivity index (χ0n) is 11.2. The topological polar surface area (TPSA) is 58.4 Å². The summed E-state index contributed by atoms with van der Waals surface area (Å²) in [5.74, 6) is -0.413. The van der Waals surface area contributed by atoms with E-state index >= 15 is 0 Å². The van der Waals surface area contributed by atoms with Crippen LogP contribution in [0, 0.1) is 0 Å². The van der Waals surface area contributed by atoms with Crippen LogP contribution in [0.5, 0.6) is 0 Å². The summed E-state index contributed by atoms with van der Waals surface area (Å²) in [4.78, 5) is 13.8. The summed E-state index contributed by atoms with van der Waals surface area (Å²) in [5, 5.41) is 13.1. The Hall–Kier alpha value is -2.29. The van der Waals surface area contributed by atoms with Gasteiger partial charge in [0.25, 0.3) is 5.91 Å². The maximum Gasteiger partial charge on any atom is 0.416 e. The first-order chi connectivity index (χ1) is 10.4. The van der Waals surface area contributed by atoms with Crippen molar-refractivity contribution >= 4 is 24.5 Å². The first kappa shape index (κ1) is 14.6. The summed E-state index contributed by atoms with van der Waals surface area (Å²) in [7, 11) is 0.785. The van der Waals surface area contributed by atoms with E-state index in [0.717, 1.165) is 19.6 Å². The molecule has 0 saturated heterocycles. The lowest BCUT2D eigenvalue weighted by Gasteiger charge is -2.28. The van der Waals surface area contributed by atoms with Gasteiger partial charge in [-0.2, -0.15) is 18.3 Å². The standard InChI is InChI=1S/C13H10BF3N3O2/c15-13(16,17)8-1-3-9(4-2-8)19-5-6-20-11(12(19)21)10(14-22)7-18-20/h1-4,7,22H,5-6H2. The number of rotatable bonds is 2. The molecule has 113 valence electrons. The molecule has 2 aromatic rings. The number of anilines is 1. The van der Waals surface area contributed by atoms with Crippen LogP contribution in [0.4, 0.5) is 18.9 Å². The van der Waals surface area contributed by atoms with Gasteiger partial charge in [0.05, 0.1) is 12.1 Å². The highest BCUT2D eigenvalue weighted by atomic mass is 19.4. The molecular formula is C13H10BF3N3O2. The van der Waals surface area contributed by atoms with Crippen molar-refractivity contribution in [3.05, 3.63) is 41.7 Å². The fourth-order valence-corrected chi connectivity index (χ4v) is 2.40. The minimum absolute atomic E-state index is 0.216. The molecule has 1 aliphatic rings. The molecule has 0 unspecified atom stereocenters. The van der Waals surface area contributed by atoms with E-state index in [4.69, 9.17) is 5.02 Å². The number of carbonyl (C=O) groups is 1. The lowest BCUT2D eigenvalue weighted by atomic mass is 9.88. The van der Waals surface area contributed by atoms with E-state index in [2.05, 4.69) is 5.10 Å². The molecule has 5 nitrogen and oxygen atoms in total. The summed E-state index contributed by atoms with van der Waals surface area (Å²) < 4.78 is 39.2.